The number of amides is 2. The van der Waals surface area contributed by atoms with Crippen LogP contribution >= 0.6 is 0 Å². The molecule has 0 aromatic heterocycles. The van der Waals surface area contributed by atoms with Crippen LogP contribution < -0.4 is 10.6 Å². The molecule has 1 aliphatic carbocycles. The van der Waals surface area contributed by atoms with Gasteiger partial charge in [-0.15, -0.1) is 0 Å². The van der Waals surface area contributed by atoms with Crippen LogP contribution in [0.1, 0.15) is 24.3 Å². The highest BCUT2D eigenvalue weighted by Gasteiger charge is 2.43. The SMILES string of the molecule is O=C(CNC(=O)C1CC1c1ccc(F)cc1)NC1CCS(=O)(=O)C1. The average molecular weight is 354 g/mol. The standard InChI is InChI=1S/C16H19FN2O4S/c17-11-3-1-10(2-4-11)13-7-14(13)16(21)18-8-15(20)19-12-5-6-24(22,23)9-12/h1-4,12-14H,5-9H2,(H,18,21)(H,19,20). The number of hydrogen-bond acceptors (Lipinski definition) is 4. The fourth-order valence-electron chi connectivity index (χ4n) is 3.05. The molecule has 2 amide bonds. The average Bonchev–Trinajstić information content (AvgIpc) is 3.25. The van der Waals surface area contributed by atoms with Crippen molar-refractivity contribution in [2.45, 2.75) is 24.8 Å². The second kappa shape index (κ2) is 6.51. The molecule has 1 aromatic carbocycles. The van der Waals surface area contributed by atoms with Gasteiger partial charge in [0.15, 0.2) is 9.84 Å². The van der Waals surface area contributed by atoms with E-state index in [1.807, 2.05) is 0 Å². The molecule has 1 saturated heterocycles. The molecule has 1 saturated carbocycles. The number of benzene rings is 1. The van der Waals surface area contributed by atoms with Crippen LogP contribution in [0.3, 0.4) is 0 Å². The molecule has 1 heterocycles. The molecule has 0 bridgehead atoms. The molecule has 0 spiro atoms. The van der Waals surface area contributed by atoms with Gasteiger partial charge in [-0.25, -0.2) is 12.8 Å². The lowest BCUT2D eigenvalue weighted by molar-refractivity contribution is -0.127. The fourth-order valence-corrected chi connectivity index (χ4v) is 4.72. The van der Waals surface area contributed by atoms with Gasteiger partial charge in [-0.05, 0) is 36.5 Å². The normalized spacial score (nSPS) is 27.5. The van der Waals surface area contributed by atoms with Gasteiger partial charge in [0.2, 0.25) is 11.8 Å². The van der Waals surface area contributed by atoms with Crippen molar-refractivity contribution in [1.82, 2.24) is 10.6 Å². The molecular weight excluding hydrogens is 335 g/mol. The van der Waals surface area contributed by atoms with E-state index in [-0.39, 0.29) is 53.6 Å². The monoisotopic (exact) mass is 354 g/mol. The van der Waals surface area contributed by atoms with Crippen molar-refractivity contribution in [2.24, 2.45) is 5.92 Å². The van der Waals surface area contributed by atoms with E-state index in [4.69, 9.17) is 0 Å². The van der Waals surface area contributed by atoms with Gasteiger partial charge in [0.1, 0.15) is 5.82 Å². The second-order valence-corrected chi connectivity index (χ2v) is 8.61. The number of rotatable bonds is 5. The van der Waals surface area contributed by atoms with E-state index in [9.17, 15) is 22.4 Å². The predicted molar refractivity (Wildman–Crippen MR) is 85.5 cm³/mol. The topological polar surface area (TPSA) is 92.3 Å². The highest BCUT2D eigenvalue weighted by atomic mass is 32.2. The van der Waals surface area contributed by atoms with Gasteiger partial charge >= 0.3 is 0 Å². The molecule has 6 nitrogen and oxygen atoms in total. The molecule has 130 valence electrons. The van der Waals surface area contributed by atoms with E-state index in [0.717, 1.165) is 5.56 Å². The molecule has 2 fully saturated rings. The first kappa shape index (κ1) is 16.9. The first-order chi connectivity index (χ1) is 11.3. The largest absolute Gasteiger partial charge is 0.351 e. The maximum Gasteiger partial charge on any atom is 0.239 e. The van der Waals surface area contributed by atoms with Gasteiger partial charge in [0.05, 0.1) is 18.1 Å². The zero-order valence-electron chi connectivity index (χ0n) is 13.0. The van der Waals surface area contributed by atoms with E-state index >= 15 is 0 Å². The highest BCUT2D eigenvalue weighted by Crippen LogP contribution is 2.47. The van der Waals surface area contributed by atoms with Gasteiger partial charge in [-0.1, -0.05) is 12.1 Å². The third kappa shape index (κ3) is 4.11. The molecule has 3 atom stereocenters. The van der Waals surface area contributed by atoms with Crippen LogP contribution in [0.5, 0.6) is 0 Å². The third-order valence-corrected chi connectivity index (χ3v) is 6.21. The van der Waals surface area contributed by atoms with Crippen molar-refractivity contribution in [2.75, 3.05) is 18.1 Å². The minimum absolute atomic E-state index is 0.0397. The molecule has 2 N–H and O–H groups in total. The Balaban J connectivity index is 1.42. The minimum Gasteiger partial charge on any atom is -0.351 e. The van der Waals surface area contributed by atoms with Crippen LogP contribution in [0.4, 0.5) is 4.39 Å². The zero-order chi connectivity index (χ0) is 17.3. The Hall–Kier alpha value is -1.96. The maximum atomic E-state index is 12.9. The summed E-state index contributed by atoms with van der Waals surface area (Å²) in [6, 6.07) is 5.70. The fraction of sp³-hybridized carbons (Fsp3) is 0.500. The van der Waals surface area contributed by atoms with Crippen LogP contribution in [0.25, 0.3) is 0 Å². The Morgan fingerprint density at radius 2 is 1.92 bits per heavy atom. The zero-order valence-corrected chi connectivity index (χ0v) is 13.8. The lowest BCUT2D eigenvalue weighted by Gasteiger charge is -2.11. The summed E-state index contributed by atoms with van der Waals surface area (Å²) in [5, 5.41) is 5.20. The van der Waals surface area contributed by atoms with E-state index in [0.29, 0.717) is 12.8 Å². The summed E-state index contributed by atoms with van der Waals surface area (Å²) in [5.74, 6) is -0.995. The van der Waals surface area contributed by atoms with Crippen molar-refractivity contribution in [3.05, 3.63) is 35.6 Å². The van der Waals surface area contributed by atoms with E-state index < -0.39 is 9.84 Å². The summed E-state index contributed by atoms with van der Waals surface area (Å²) in [7, 11) is -3.05. The van der Waals surface area contributed by atoms with Crippen molar-refractivity contribution in [3.8, 4) is 0 Å². The van der Waals surface area contributed by atoms with Crippen molar-refractivity contribution in [1.29, 1.82) is 0 Å². The summed E-state index contributed by atoms with van der Waals surface area (Å²) in [6.45, 7) is -0.165. The summed E-state index contributed by atoms with van der Waals surface area (Å²) in [4.78, 5) is 23.8. The molecule has 1 aromatic rings. The summed E-state index contributed by atoms with van der Waals surface area (Å²) >= 11 is 0. The Labute approximate surface area is 139 Å². The number of sulfone groups is 1. The van der Waals surface area contributed by atoms with E-state index in [1.54, 1.807) is 12.1 Å². The molecule has 8 heteroatoms. The second-order valence-electron chi connectivity index (χ2n) is 6.39. The lowest BCUT2D eigenvalue weighted by atomic mass is 10.1. The number of carbonyl (C=O) groups is 2. The van der Waals surface area contributed by atoms with Gasteiger partial charge in [0.25, 0.3) is 0 Å². The molecule has 2 aliphatic rings. The lowest BCUT2D eigenvalue weighted by Crippen LogP contribution is -2.42. The van der Waals surface area contributed by atoms with Crippen molar-refractivity contribution >= 4 is 21.7 Å². The van der Waals surface area contributed by atoms with Crippen molar-refractivity contribution < 1.29 is 22.4 Å². The molecule has 24 heavy (non-hydrogen) atoms. The number of hydrogen-bond donors (Lipinski definition) is 2. The van der Waals surface area contributed by atoms with Crippen LogP contribution in [0, 0.1) is 11.7 Å². The smallest absolute Gasteiger partial charge is 0.239 e. The number of halogens is 1. The third-order valence-electron chi connectivity index (χ3n) is 4.45. The van der Waals surface area contributed by atoms with Gasteiger partial charge in [-0.2, -0.15) is 0 Å². The highest BCUT2D eigenvalue weighted by molar-refractivity contribution is 7.91. The Bertz CT molecular complexity index is 748. The van der Waals surface area contributed by atoms with Crippen LogP contribution in [0.15, 0.2) is 24.3 Å². The Kier molecular flexibility index (Phi) is 4.58. The molecular formula is C16H19FN2O4S. The Morgan fingerprint density at radius 1 is 1.21 bits per heavy atom. The molecule has 3 unspecified atom stereocenters. The first-order valence-electron chi connectivity index (χ1n) is 7.87. The molecule has 0 radical (unpaired) electrons. The van der Waals surface area contributed by atoms with Crippen molar-refractivity contribution in [3.63, 3.8) is 0 Å². The number of carbonyl (C=O) groups excluding carboxylic acids is 2. The van der Waals surface area contributed by atoms with Crippen LogP contribution in [0.2, 0.25) is 0 Å². The van der Waals surface area contributed by atoms with Crippen LogP contribution in [-0.4, -0.2) is 44.3 Å². The molecule has 1 aliphatic heterocycles. The predicted octanol–water partition coefficient (Wildman–Crippen LogP) is 0.349. The van der Waals surface area contributed by atoms with Crippen LogP contribution in [-0.2, 0) is 19.4 Å². The van der Waals surface area contributed by atoms with Gasteiger partial charge in [-0.3, -0.25) is 9.59 Å². The molecule has 3 rings (SSSR count). The summed E-state index contributed by atoms with van der Waals surface area (Å²) in [6.07, 6.45) is 1.09. The minimum atomic E-state index is -3.05. The quantitative estimate of drug-likeness (QED) is 0.798. The van der Waals surface area contributed by atoms with Gasteiger partial charge in [0, 0.05) is 12.0 Å². The number of nitrogens with one attached hydrogen (secondary N) is 2. The van der Waals surface area contributed by atoms with Gasteiger partial charge < -0.3 is 10.6 Å². The maximum absolute atomic E-state index is 12.9. The van der Waals surface area contributed by atoms with E-state index in [2.05, 4.69) is 10.6 Å². The summed E-state index contributed by atoms with van der Waals surface area (Å²) in [5.41, 5.74) is 0.914. The first-order valence-corrected chi connectivity index (χ1v) is 9.69. The summed E-state index contributed by atoms with van der Waals surface area (Å²) < 4.78 is 35.6. The Morgan fingerprint density at radius 3 is 2.54 bits per heavy atom. The van der Waals surface area contributed by atoms with E-state index in [1.165, 1.54) is 12.1 Å².